The van der Waals surface area contributed by atoms with E-state index in [1.54, 1.807) is 11.0 Å². The van der Waals surface area contributed by atoms with E-state index < -0.39 is 0 Å². The summed E-state index contributed by atoms with van der Waals surface area (Å²) in [6.45, 7) is 7.16. The first-order chi connectivity index (χ1) is 11.5. The Balaban J connectivity index is 1.98. The van der Waals surface area contributed by atoms with E-state index >= 15 is 0 Å². The molecular formula is C19H25BrN2O2. The van der Waals surface area contributed by atoms with Crippen molar-refractivity contribution >= 4 is 33.8 Å². The van der Waals surface area contributed by atoms with E-state index in [0.717, 1.165) is 29.5 Å². The van der Waals surface area contributed by atoms with Crippen LogP contribution in [0.4, 0.5) is 5.69 Å². The summed E-state index contributed by atoms with van der Waals surface area (Å²) >= 11 is 3.50. The van der Waals surface area contributed by atoms with Gasteiger partial charge in [-0.2, -0.15) is 0 Å². The first-order valence-corrected chi connectivity index (χ1v) is 9.66. The maximum absolute atomic E-state index is 13.0. The largest absolute Gasteiger partial charge is 0.371 e. The Kier molecular flexibility index (Phi) is 5.00. The minimum Gasteiger partial charge on any atom is -0.371 e. The fourth-order valence-electron chi connectivity index (χ4n) is 3.76. The zero-order valence-corrected chi connectivity index (χ0v) is 16.1. The lowest BCUT2D eigenvalue weighted by Gasteiger charge is -2.35. The minimum atomic E-state index is -0.0451. The maximum atomic E-state index is 13.0. The number of carbonyl (C=O) groups is 2. The molecule has 1 aromatic carbocycles. The summed E-state index contributed by atoms with van der Waals surface area (Å²) in [7, 11) is 0. The normalized spacial score (nSPS) is 18.5. The van der Waals surface area contributed by atoms with Crippen molar-refractivity contribution in [1.29, 1.82) is 0 Å². The molecule has 1 spiro atoms. The van der Waals surface area contributed by atoms with E-state index in [-0.39, 0.29) is 5.91 Å². The highest BCUT2D eigenvalue weighted by molar-refractivity contribution is 9.10. The van der Waals surface area contributed by atoms with Crippen molar-refractivity contribution in [3.05, 3.63) is 27.7 Å². The molecule has 24 heavy (non-hydrogen) atoms. The highest BCUT2D eigenvalue weighted by atomic mass is 79.9. The molecule has 1 saturated carbocycles. The summed E-state index contributed by atoms with van der Waals surface area (Å²) in [5, 5.41) is 0. The van der Waals surface area contributed by atoms with Gasteiger partial charge in [-0.1, -0.05) is 15.9 Å². The Bertz CT molecular complexity index is 641. The van der Waals surface area contributed by atoms with Crippen LogP contribution in [-0.2, 0) is 0 Å². The lowest BCUT2D eigenvalue weighted by Crippen LogP contribution is -2.38. The smallest absolute Gasteiger partial charge is 0.256 e. The molecule has 1 heterocycles. The van der Waals surface area contributed by atoms with Crippen LogP contribution in [0.25, 0.3) is 0 Å². The first kappa shape index (κ1) is 17.5. The molecule has 1 aliphatic carbocycles. The van der Waals surface area contributed by atoms with E-state index in [4.69, 9.17) is 0 Å². The van der Waals surface area contributed by atoms with Crippen LogP contribution in [0, 0.1) is 5.41 Å². The molecule has 0 atom stereocenters. The molecule has 1 amide bonds. The van der Waals surface area contributed by atoms with Gasteiger partial charge in [-0.25, -0.2) is 0 Å². The molecule has 4 nitrogen and oxygen atoms in total. The Hall–Kier alpha value is -1.36. The fraction of sp³-hybridized carbons (Fsp3) is 0.579. The molecular weight excluding hydrogens is 368 g/mol. The quantitative estimate of drug-likeness (QED) is 0.707. The standard InChI is InChI=1S/C19H25BrN2O2/c1-3-21(4-2)18(24)17-14(13-23)11-15(20)12-16(17)22-9-7-19(5-6-19)8-10-22/h11-13H,3-10H2,1-2H3. The fourth-order valence-corrected chi connectivity index (χ4v) is 4.22. The van der Waals surface area contributed by atoms with Gasteiger partial charge in [-0.05, 0) is 57.1 Å². The third-order valence-corrected chi connectivity index (χ3v) is 6.08. The van der Waals surface area contributed by atoms with Crippen LogP contribution < -0.4 is 4.90 Å². The number of benzene rings is 1. The van der Waals surface area contributed by atoms with Gasteiger partial charge in [0.25, 0.3) is 5.91 Å². The van der Waals surface area contributed by atoms with Gasteiger partial charge >= 0.3 is 0 Å². The summed E-state index contributed by atoms with van der Waals surface area (Å²) in [6.07, 6.45) is 5.88. The molecule has 0 N–H and O–H groups in total. The Morgan fingerprint density at radius 3 is 2.33 bits per heavy atom. The van der Waals surface area contributed by atoms with Crippen LogP contribution in [0.1, 0.15) is 60.2 Å². The van der Waals surface area contributed by atoms with Crippen molar-refractivity contribution in [2.24, 2.45) is 5.41 Å². The van der Waals surface area contributed by atoms with Crippen LogP contribution in [0.3, 0.4) is 0 Å². The number of nitrogens with zero attached hydrogens (tertiary/aromatic N) is 2. The third-order valence-electron chi connectivity index (χ3n) is 5.63. The number of aldehydes is 1. The van der Waals surface area contributed by atoms with Crippen molar-refractivity contribution in [2.75, 3.05) is 31.1 Å². The van der Waals surface area contributed by atoms with Crippen LogP contribution in [0.2, 0.25) is 0 Å². The number of carbonyl (C=O) groups excluding carboxylic acids is 2. The van der Waals surface area contributed by atoms with Crippen molar-refractivity contribution in [3.8, 4) is 0 Å². The Labute approximate surface area is 152 Å². The van der Waals surface area contributed by atoms with Crippen molar-refractivity contribution in [2.45, 2.75) is 39.5 Å². The zero-order valence-electron chi connectivity index (χ0n) is 14.5. The lowest BCUT2D eigenvalue weighted by molar-refractivity contribution is 0.0770. The van der Waals surface area contributed by atoms with Crippen LogP contribution in [0.15, 0.2) is 16.6 Å². The molecule has 0 unspecified atom stereocenters. The number of rotatable bonds is 5. The molecule has 2 fully saturated rings. The van der Waals surface area contributed by atoms with E-state index in [0.29, 0.717) is 29.6 Å². The Morgan fingerprint density at radius 2 is 1.83 bits per heavy atom. The highest BCUT2D eigenvalue weighted by Gasteiger charge is 2.44. The average Bonchev–Trinajstić information content (AvgIpc) is 3.34. The molecule has 1 saturated heterocycles. The number of hydrogen-bond acceptors (Lipinski definition) is 3. The van der Waals surface area contributed by atoms with E-state index in [9.17, 15) is 9.59 Å². The predicted octanol–water partition coefficient (Wildman–Crippen LogP) is 4.12. The van der Waals surface area contributed by atoms with Gasteiger partial charge in [-0.3, -0.25) is 9.59 Å². The van der Waals surface area contributed by atoms with E-state index in [2.05, 4.69) is 20.8 Å². The van der Waals surface area contributed by atoms with Crippen molar-refractivity contribution in [3.63, 3.8) is 0 Å². The van der Waals surface area contributed by atoms with Crippen LogP contribution in [0.5, 0.6) is 0 Å². The average molecular weight is 393 g/mol. The van der Waals surface area contributed by atoms with E-state index in [1.807, 2.05) is 19.9 Å². The van der Waals surface area contributed by atoms with E-state index in [1.165, 1.54) is 25.7 Å². The predicted molar refractivity (Wildman–Crippen MR) is 99.9 cm³/mol. The summed E-state index contributed by atoms with van der Waals surface area (Å²) in [5.74, 6) is -0.0451. The van der Waals surface area contributed by atoms with Crippen molar-refractivity contribution in [1.82, 2.24) is 4.90 Å². The second-order valence-electron chi connectivity index (χ2n) is 6.97. The van der Waals surface area contributed by atoms with Crippen molar-refractivity contribution < 1.29 is 9.59 Å². The molecule has 1 aromatic rings. The van der Waals surface area contributed by atoms with Gasteiger partial charge in [0, 0.05) is 36.2 Å². The summed E-state index contributed by atoms with van der Waals surface area (Å²) in [6, 6.07) is 3.74. The molecule has 5 heteroatoms. The van der Waals surface area contributed by atoms with Gasteiger partial charge in [0.1, 0.15) is 0 Å². The first-order valence-electron chi connectivity index (χ1n) is 8.86. The topological polar surface area (TPSA) is 40.6 Å². The third kappa shape index (κ3) is 3.23. The summed E-state index contributed by atoms with van der Waals surface area (Å²) in [5.41, 5.74) is 2.52. The van der Waals surface area contributed by atoms with Gasteiger partial charge in [0.05, 0.1) is 11.3 Å². The number of piperidine rings is 1. The van der Waals surface area contributed by atoms with Gasteiger partial charge in [0.2, 0.25) is 0 Å². The van der Waals surface area contributed by atoms with Gasteiger partial charge < -0.3 is 9.80 Å². The number of halogens is 1. The molecule has 0 bridgehead atoms. The second-order valence-corrected chi connectivity index (χ2v) is 7.89. The zero-order chi connectivity index (χ0) is 17.3. The summed E-state index contributed by atoms with van der Waals surface area (Å²) < 4.78 is 0.849. The monoisotopic (exact) mass is 392 g/mol. The number of hydrogen-bond donors (Lipinski definition) is 0. The highest BCUT2D eigenvalue weighted by Crippen LogP contribution is 2.54. The lowest BCUT2D eigenvalue weighted by atomic mass is 9.92. The molecule has 3 rings (SSSR count). The maximum Gasteiger partial charge on any atom is 0.256 e. The Morgan fingerprint density at radius 1 is 1.21 bits per heavy atom. The molecule has 0 aromatic heterocycles. The SMILES string of the molecule is CCN(CC)C(=O)c1c(C=O)cc(Br)cc1N1CCC2(CC1)CC2. The minimum absolute atomic E-state index is 0.0451. The molecule has 2 aliphatic rings. The molecule has 0 radical (unpaired) electrons. The summed E-state index contributed by atoms with van der Waals surface area (Å²) in [4.78, 5) is 28.7. The number of amides is 1. The molecule has 130 valence electrons. The number of anilines is 1. The molecule has 1 aliphatic heterocycles. The van der Waals surface area contributed by atoms with Gasteiger partial charge in [0.15, 0.2) is 6.29 Å². The second kappa shape index (κ2) is 6.87. The van der Waals surface area contributed by atoms with Crippen LogP contribution >= 0.6 is 15.9 Å². The van der Waals surface area contributed by atoms with Gasteiger partial charge in [-0.15, -0.1) is 0 Å². The van der Waals surface area contributed by atoms with Crippen LogP contribution in [-0.4, -0.2) is 43.3 Å².